The highest BCUT2D eigenvalue weighted by molar-refractivity contribution is 14.1. The van der Waals surface area contributed by atoms with Gasteiger partial charge < -0.3 is 9.64 Å². The normalized spacial score (nSPS) is 12.2. The van der Waals surface area contributed by atoms with Crippen molar-refractivity contribution < 1.29 is 9.53 Å². The van der Waals surface area contributed by atoms with Crippen molar-refractivity contribution in [1.82, 2.24) is 4.90 Å². The maximum atomic E-state index is 12.1. The summed E-state index contributed by atoms with van der Waals surface area (Å²) in [7, 11) is 3.44. The molecule has 3 nitrogen and oxygen atoms in total. The highest BCUT2D eigenvalue weighted by atomic mass is 127. The van der Waals surface area contributed by atoms with Gasteiger partial charge in [-0.25, -0.2) is 0 Å². The van der Waals surface area contributed by atoms with Gasteiger partial charge in [0.1, 0.15) is 0 Å². The molecular weight excluding hydrogens is 397 g/mol. The van der Waals surface area contributed by atoms with Crippen LogP contribution in [0.15, 0.2) is 24.3 Å². The number of halogens is 2. The van der Waals surface area contributed by atoms with Gasteiger partial charge in [-0.05, 0) is 46.9 Å². The van der Waals surface area contributed by atoms with E-state index in [0.29, 0.717) is 18.7 Å². The molecule has 0 heterocycles. The zero-order chi connectivity index (χ0) is 12.8. The van der Waals surface area contributed by atoms with E-state index in [1.165, 1.54) is 0 Å². The minimum Gasteiger partial charge on any atom is -0.383 e. The third kappa shape index (κ3) is 4.93. The zero-order valence-electron chi connectivity index (χ0n) is 9.82. The summed E-state index contributed by atoms with van der Waals surface area (Å²) in [5, 5.41) is 0. The molecule has 1 aromatic carbocycles. The molecule has 1 atom stereocenters. The predicted molar refractivity (Wildman–Crippen MR) is 80.7 cm³/mol. The number of carbonyl (C=O) groups is 1. The van der Waals surface area contributed by atoms with Crippen LogP contribution >= 0.6 is 38.5 Å². The number of benzene rings is 1. The van der Waals surface area contributed by atoms with E-state index < -0.39 is 0 Å². The van der Waals surface area contributed by atoms with E-state index >= 15 is 0 Å². The van der Waals surface area contributed by atoms with Gasteiger partial charge in [0, 0.05) is 29.8 Å². The van der Waals surface area contributed by atoms with Crippen LogP contribution in [0.1, 0.15) is 10.4 Å². The van der Waals surface area contributed by atoms with E-state index in [1.807, 2.05) is 24.3 Å². The molecule has 5 heteroatoms. The SMILES string of the molecule is COCC(Br)CN(C)C(=O)c1ccc(I)cc1. The molecule has 1 aromatic rings. The fourth-order valence-corrected chi connectivity index (χ4v) is 2.48. The summed E-state index contributed by atoms with van der Waals surface area (Å²) in [6.07, 6.45) is 0. The Kier molecular flexibility index (Phi) is 6.43. The Labute approximate surface area is 124 Å². The molecule has 1 unspecified atom stereocenters. The van der Waals surface area contributed by atoms with Crippen LogP contribution in [0.4, 0.5) is 0 Å². The van der Waals surface area contributed by atoms with Crippen LogP contribution in [0.2, 0.25) is 0 Å². The topological polar surface area (TPSA) is 29.5 Å². The van der Waals surface area contributed by atoms with Gasteiger partial charge in [0.05, 0.1) is 11.4 Å². The Bertz CT molecular complexity index is 369. The van der Waals surface area contributed by atoms with Crippen LogP contribution in [-0.4, -0.2) is 42.9 Å². The van der Waals surface area contributed by atoms with E-state index in [-0.39, 0.29) is 10.7 Å². The van der Waals surface area contributed by atoms with E-state index in [2.05, 4.69) is 38.5 Å². The first kappa shape index (κ1) is 14.9. The molecular formula is C12H15BrINO2. The molecule has 0 aliphatic carbocycles. The van der Waals surface area contributed by atoms with Gasteiger partial charge in [0.25, 0.3) is 5.91 Å². The molecule has 0 bridgehead atoms. The Morgan fingerprint density at radius 2 is 2.06 bits per heavy atom. The molecule has 0 radical (unpaired) electrons. The zero-order valence-corrected chi connectivity index (χ0v) is 13.6. The van der Waals surface area contributed by atoms with Crippen molar-refractivity contribution in [2.24, 2.45) is 0 Å². The van der Waals surface area contributed by atoms with Crippen LogP contribution in [0, 0.1) is 3.57 Å². The lowest BCUT2D eigenvalue weighted by Gasteiger charge is -2.20. The van der Waals surface area contributed by atoms with Crippen LogP contribution in [0.3, 0.4) is 0 Å². The number of hydrogen-bond acceptors (Lipinski definition) is 2. The van der Waals surface area contributed by atoms with E-state index in [9.17, 15) is 4.79 Å². The first-order chi connectivity index (χ1) is 8.04. The largest absolute Gasteiger partial charge is 0.383 e. The molecule has 0 aliphatic rings. The molecule has 1 amide bonds. The number of methoxy groups -OCH3 is 1. The highest BCUT2D eigenvalue weighted by Gasteiger charge is 2.14. The van der Waals surface area contributed by atoms with Gasteiger partial charge in [0.2, 0.25) is 0 Å². The second-order valence-electron chi connectivity index (χ2n) is 3.75. The van der Waals surface area contributed by atoms with Crippen molar-refractivity contribution in [3.05, 3.63) is 33.4 Å². The Balaban J connectivity index is 2.60. The molecule has 94 valence electrons. The fraction of sp³-hybridized carbons (Fsp3) is 0.417. The molecule has 0 aliphatic heterocycles. The number of ether oxygens (including phenoxy) is 1. The minimum absolute atomic E-state index is 0.0296. The van der Waals surface area contributed by atoms with Crippen molar-refractivity contribution >= 4 is 44.4 Å². The van der Waals surface area contributed by atoms with E-state index in [1.54, 1.807) is 19.1 Å². The third-order valence-corrected chi connectivity index (χ3v) is 3.53. The molecule has 0 saturated carbocycles. The summed E-state index contributed by atoms with van der Waals surface area (Å²) in [6, 6.07) is 7.56. The van der Waals surface area contributed by atoms with Crippen LogP contribution in [0.5, 0.6) is 0 Å². The van der Waals surface area contributed by atoms with Crippen LogP contribution < -0.4 is 0 Å². The Hall–Kier alpha value is -0.140. The standard InChI is InChI=1S/C12H15BrINO2/c1-15(7-10(13)8-17-2)12(16)9-3-5-11(14)6-4-9/h3-6,10H,7-8H2,1-2H3. The van der Waals surface area contributed by atoms with Crippen LogP contribution in [-0.2, 0) is 4.74 Å². The fourth-order valence-electron chi connectivity index (χ4n) is 1.43. The monoisotopic (exact) mass is 411 g/mol. The van der Waals surface area contributed by atoms with Crippen molar-refractivity contribution in [2.75, 3.05) is 27.3 Å². The Morgan fingerprint density at radius 3 is 2.59 bits per heavy atom. The van der Waals surface area contributed by atoms with Gasteiger partial charge in [-0.1, -0.05) is 15.9 Å². The van der Waals surface area contributed by atoms with Gasteiger partial charge in [0.15, 0.2) is 0 Å². The maximum Gasteiger partial charge on any atom is 0.253 e. The molecule has 0 N–H and O–H groups in total. The summed E-state index contributed by atoms with van der Waals surface area (Å²) in [5.74, 6) is 0.0296. The molecule has 0 saturated heterocycles. The first-order valence-corrected chi connectivity index (χ1v) is 7.18. The van der Waals surface area contributed by atoms with Crippen molar-refractivity contribution in [2.45, 2.75) is 4.83 Å². The van der Waals surface area contributed by atoms with Crippen molar-refractivity contribution in [1.29, 1.82) is 0 Å². The molecule has 1 rings (SSSR count). The summed E-state index contributed by atoms with van der Waals surface area (Å²) in [6.45, 7) is 1.21. The third-order valence-electron chi connectivity index (χ3n) is 2.26. The van der Waals surface area contributed by atoms with Gasteiger partial charge in [-0.3, -0.25) is 4.79 Å². The predicted octanol–water partition coefficient (Wildman–Crippen LogP) is 2.77. The molecule has 0 spiro atoms. The summed E-state index contributed by atoms with van der Waals surface area (Å²) >= 11 is 5.69. The number of carbonyl (C=O) groups excluding carboxylic acids is 1. The van der Waals surface area contributed by atoms with Gasteiger partial charge >= 0.3 is 0 Å². The summed E-state index contributed by atoms with van der Waals surface area (Å²) in [4.78, 5) is 13.9. The average Bonchev–Trinajstić information content (AvgIpc) is 2.29. The first-order valence-electron chi connectivity index (χ1n) is 5.18. The lowest BCUT2D eigenvalue weighted by molar-refractivity contribution is 0.0784. The summed E-state index contributed by atoms with van der Waals surface area (Å²) < 4.78 is 6.14. The number of alkyl halides is 1. The molecule has 17 heavy (non-hydrogen) atoms. The number of hydrogen-bond donors (Lipinski definition) is 0. The second kappa shape index (κ2) is 7.33. The number of nitrogens with zero attached hydrogens (tertiary/aromatic N) is 1. The lowest BCUT2D eigenvalue weighted by Crippen LogP contribution is -2.33. The Morgan fingerprint density at radius 1 is 1.47 bits per heavy atom. The molecule has 0 aromatic heterocycles. The van der Waals surface area contributed by atoms with Crippen molar-refractivity contribution in [3.8, 4) is 0 Å². The quantitative estimate of drug-likeness (QED) is 0.550. The average molecular weight is 412 g/mol. The molecule has 0 fully saturated rings. The second-order valence-corrected chi connectivity index (χ2v) is 6.29. The van der Waals surface area contributed by atoms with Crippen LogP contribution in [0.25, 0.3) is 0 Å². The number of amides is 1. The van der Waals surface area contributed by atoms with Gasteiger partial charge in [-0.2, -0.15) is 0 Å². The highest BCUT2D eigenvalue weighted by Crippen LogP contribution is 2.10. The minimum atomic E-state index is 0.0296. The van der Waals surface area contributed by atoms with Gasteiger partial charge in [-0.15, -0.1) is 0 Å². The number of rotatable bonds is 5. The van der Waals surface area contributed by atoms with E-state index in [0.717, 1.165) is 3.57 Å². The van der Waals surface area contributed by atoms with E-state index in [4.69, 9.17) is 4.74 Å². The maximum absolute atomic E-state index is 12.1. The van der Waals surface area contributed by atoms with Crippen molar-refractivity contribution in [3.63, 3.8) is 0 Å². The summed E-state index contributed by atoms with van der Waals surface area (Å²) in [5.41, 5.74) is 0.713. The smallest absolute Gasteiger partial charge is 0.253 e. The lowest BCUT2D eigenvalue weighted by atomic mass is 10.2.